The molecule has 0 bridgehead atoms. The maximum absolute atomic E-state index is 12.1. The molecule has 0 spiro atoms. The average Bonchev–Trinajstić information content (AvgIpc) is 3.21. The number of aromatic nitrogens is 1. The molecule has 0 aliphatic carbocycles. The fraction of sp³-hybridized carbons (Fsp3) is 0.0952. The van der Waals surface area contributed by atoms with Crippen molar-refractivity contribution in [3.63, 3.8) is 0 Å². The Bertz CT molecular complexity index is 1170. The van der Waals surface area contributed by atoms with E-state index in [0.29, 0.717) is 17.2 Å². The van der Waals surface area contributed by atoms with Gasteiger partial charge in [-0.2, -0.15) is 5.01 Å². The predicted octanol–water partition coefficient (Wildman–Crippen LogP) is 4.78. The van der Waals surface area contributed by atoms with Gasteiger partial charge < -0.3 is 9.47 Å². The lowest BCUT2D eigenvalue weighted by Gasteiger charge is -2.19. The van der Waals surface area contributed by atoms with Gasteiger partial charge in [-0.15, -0.1) is 5.10 Å². The zero-order valence-electron chi connectivity index (χ0n) is 16.1. The Morgan fingerprint density at radius 2 is 1.97 bits per heavy atom. The zero-order valence-corrected chi connectivity index (χ0v) is 17.7. The number of carbonyl (C=O) groups excluding carboxylic acids is 1. The van der Waals surface area contributed by atoms with E-state index in [1.54, 1.807) is 24.3 Å². The van der Waals surface area contributed by atoms with Crippen molar-refractivity contribution in [3.05, 3.63) is 92.6 Å². The fourth-order valence-electron chi connectivity index (χ4n) is 2.88. The van der Waals surface area contributed by atoms with Gasteiger partial charge in [-0.3, -0.25) is 14.9 Å². The van der Waals surface area contributed by atoms with Crippen LogP contribution in [0.3, 0.4) is 0 Å². The number of benzene rings is 2. The molecule has 2 aromatic carbocycles. The lowest BCUT2D eigenvalue weighted by Crippen LogP contribution is -2.25. The van der Waals surface area contributed by atoms with E-state index in [4.69, 9.17) is 9.47 Å². The molecule has 0 saturated carbocycles. The van der Waals surface area contributed by atoms with Gasteiger partial charge in [-0.05, 0) is 42.5 Å². The summed E-state index contributed by atoms with van der Waals surface area (Å²) in [4.78, 5) is 26.2. The van der Waals surface area contributed by atoms with E-state index in [2.05, 4.69) is 26.0 Å². The molecule has 4 rings (SSSR count). The van der Waals surface area contributed by atoms with Crippen molar-refractivity contribution in [2.75, 3.05) is 0 Å². The van der Waals surface area contributed by atoms with Crippen LogP contribution in [0.5, 0.6) is 11.6 Å². The number of halogens is 1. The van der Waals surface area contributed by atoms with Crippen LogP contribution < -0.4 is 4.74 Å². The number of hydrazone groups is 1. The highest BCUT2D eigenvalue weighted by molar-refractivity contribution is 9.10. The van der Waals surface area contributed by atoms with Gasteiger partial charge in [0, 0.05) is 34.7 Å². The van der Waals surface area contributed by atoms with Crippen LogP contribution in [0.25, 0.3) is 0 Å². The van der Waals surface area contributed by atoms with E-state index in [-0.39, 0.29) is 17.5 Å². The van der Waals surface area contributed by atoms with E-state index < -0.39 is 11.2 Å². The lowest BCUT2D eigenvalue weighted by atomic mass is 10.2. The Morgan fingerprint density at radius 1 is 1.19 bits per heavy atom. The summed E-state index contributed by atoms with van der Waals surface area (Å²) in [5.41, 5.74) is 1.33. The Kier molecular flexibility index (Phi) is 5.63. The number of pyridine rings is 1. The van der Waals surface area contributed by atoms with Gasteiger partial charge in [0.1, 0.15) is 11.9 Å². The van der Waals surface area contributed by atoms with Crippen molar-refractivity contribution in [3.8, 4) is 11.6 Å². The summed E-state index contributed by atoms with van der Waals surface area (Å²) in [5, 5.41) is 16.3. The first kappa shape index (κ1) is 20.5. The molecule has 1 unspecified atom stereocenters. The second kappa shape index (κ2) is 8.52. The van der Waals surface area contributed by atoms with Crippen molar-refractivity contribution in [1.82, 2.24) is 9.99 Å². The summed E-state index contributed by atoms with van der Waals surface area (Å²) in [6.45, 7) is 1.42. The molecule has 0 fully saturated rings. The number of nitrogens with zero attached hydrogens (tertiary/aromatic N) is 4. The number of hydrogen-bond donors (Lipinski definition) is 0. The SMILES string of the molecule is CC(=O)N1N=C(c2cccc(Br)c2)OC1c1ccc(Oc2ccc([N+](=O)[O-])cn2)cc1. The van der Waals surface area contributed by atoms with Crippen LogP contribution in [-0.4, -0.2) is 26.7 Å². The third kappa shape index (κ3) is 4.53. The monoisotopic (exact) mass is 482 g/mol. The number of rotatable bonds is 5. The van der Waals surface area contributed by atoms with Gasteiger partial charge in [-0.1, -0.05) is 22.0 Å². The standard InChI is InChI=1S/C21H15BrN4O5/c1-13(27)25-21(31-20(24-25)15-3-2-4-16(22)11-15)14-5-8-18(9-6-14)30-19-10-7-17(12-23-19)26(28)29/h2-12,21H,1H3. The van der Waals surface area contributed by atoms with E-state index in [1.807, 2.05) is 24.3 Å². The number of amides is 1. The maximum atomic E-state index is 12.1. The molecule has 1 amide bonds. The molecule has 1 atom stereocenters. The summed E-state index contributed by atoms with van der Waals surface area (Å²) >= 11 is 3.42. The molecule has 9 nitrogen and oxygen atoms in total. The van der Waals surface area contributed by atoms with Crippen LogP contribution in [0.15, 0.2) is 76.4 Å². The molecular formula is C21H15BrN4O5. The van der Waals surface area contributed by atoms with Crippen LogP contribution in [-0.2, 0) is 9.53 Å². The second-order valence-electron chi connectivity index (χ2n) is 6.53. The van der Waals surface area contributed by atoms with Crippen LogP contribution in [0.1, 0.15) is 24.3 Å². The molecule has 0 N–H and O–H groups in total. The molecule has 156 valence electrons. The smallest absolute Gasteiger partial charge is 0.287 e. The summed E-state index contributed by atoms with van der Waals surface area (Å²) in [6, 6.07) is 17.1. The molecule has 1 aliphatic rings. The number of hydrogen-bond acceptors (Lipinski definition) is 7. The van der Waals surface area contributed by atoms with E-state index in [9.17, 15) is 14.9 Å². The van der Waals surface area contributed by atoms with Crippen LogP contribution in [0.4, 0.5) is 5.69 Å². The molecule has 1 aromatic heterocycles. The molecule has 3 aromatic rings. The van der Waals surface area contributed by atoms with Crippen molar-refractivity contribution in [2.24, 2.45) is 5.10 Å². The lowest BCUT2D eigenvalue weighted by molar-refractivity contribution is -0.385. The highest BCUT2D eigenvalue weighted by Crippen LogP contribution is 2.32. The van der Waals surface area contributed by atoms with Crippen molar-refractivity contribution in [2.45, 2.75) is 13.2 Å². The number of carbonyl (C=O) groups is 1. The minimum atomic E-state index is -0.710. The summed E-state index contributed by atoms with van der Waals surface area (Å²) in [6.07, 6.45) is 0.416. The van der Waals surface area contributed by atoms with Crippen molar-refractivity contribution >= 4 is 33.4 Å². The number of ether oxygens (including phenoxy) is 2. The average molecular weight is 483 g/mol. The van der Waals surface area contributed by atoms with E-state index in [1.165, 1.54) is 24.1 Å². The van der Waals surface area contributed by atoms with Gasteiger partial charge in [0.2, 0.25) is 23.9 Å². The quantitative estimate of drug-likeness (QED) is 0.382. The minimum Gasteiger partial charge on any atom is -0.446 e. The molecule has 2 heterocycles. The van der Waals surface area contributed by atoms with Gasteiger partial charge >= 0.3 is 0 Å². The minimum absolute atomic E-state index is 0.119. The summed E-state index contributed by atoms with van der Waals surface area (Å²) < 4.78 is 12.5. The number of nitro groups is 1. The Morgan fingerprint density at radius 3 is 2.58 bits per heavy atom. The summed E-state index contributed by atoms with van der Waals surface area (Å²) in [7, 11) is 0. The zero-order chi connectivity index (χ0) is 22.0. The highest BCUT2D eigenvalue weighted by atomic mass is 79.9. The predicted molar refractivity (Wildman–Crippen MR) is 114 cm³/mol. The first-order chi connectivity index (χ1) is 14.9. The van der Waals surface area contributed by atoms with E-state index in [0.717, 1.165) is 16.2 Å². The normalized spacial score (nSPS) is 15.2. The molecule has 0 saturated heterocycles. The Labute approximate surface area is 185 Å². The molecule has 31 heavy (non-hydrogen) atoms. The topological polar surface area (TPSA) is 107 Å². The van der Waals surface area contributed by atoms with Crippen molar-refractivity contribution < 1.29 is 19.2 Å². The van der Waals surface area contributed by atoms with Gasteiger partial charge in [0.25, 0.3) is 5.69 Å². The first-order valence-corrected chi connectivity index (χ1v) is 9.89. The van der Waals surface area contributed by atoms with Gasteiger partial charge in [0.15, 0.2) is 0 Å². The first-order valence-electron chi connectivity index (χ1n) is 9.10. The Balaban J connectivity index is 1.51. The molecule has 0 radical (unpaired) electrons. The van der Waals surface area contributed by atoms with Gasteiger partial charge in [0.05, 0.1) is 4.92 Å². The third-order valence-corrected chi connectivity index (χ3v) is 4.85. The molecule has 10 heteroatoms. The van der Waals surface area contributed by atoms with Crippen LogP contribution in [0, 0.1) is 10.1 Å². The third-order valence-electron chi connectivity index (χ3n) is 4.36. The largest absolute Gasteiger partial charge is 0.446 e. The highest BCUT2D eigenvalue weighted by Gasteiger charge is 2.33. The maximum Gasteiger partial charge on any atom is 0.287 e. The van der Waals surface area contributed by atoms with Gasteiger partial charge in [-0.25, -0.2) is 4.98 Å². The van der Waals surface area contributed by atoms with Crippen molar-refractivity contribution in [1.29, 1.82) is 0 Å². The summed E-state index contributed by atoms with van der Waals surface area (Å²) in [5.74, 6) is 0.786. The molecular weight excluding hydrogens is 468 g/mol. The Hall–Kier alpha value is -3.79. The fourth-order valence-corrected chi connectivity index (χ4v) is 3.28. The second-order valence-corrected chi connectivity index (χ2v) is 7.45. The van der Waals surface area contributed by atoms with Crippen LogP contribution >= 0.6 is 15.9 Å². The van der Waals surface area contributed by atoms with E-state index >= 15 is 0 Å². The van der Waals surface area contributed by atoms with Crippen LogP contribution in [0.2, 0.25) is 0 Å². The molecule has 1 aliphatic heterocycles.